The van der Waals surface area contributed by atoms with Crippen LogP contribution in [0.15, 0.2) is 164 Å². The number of rotatable bonds is 5. The summed E-state index contributed by atoms with van der Waals surface area (Å²) < 4.78 is 2.30. The van der Waals surface area contributed by atoms with Gasteiger partial charge in [0, 0.05) is 50.1 Å². The summed E-state index contributed by atoms with van der Waals surface area (Å²) in [7, 11) is 0. The van der Waals surface area contributed by atoms with Gasteiger partial charge in [0.05, 0.1) is 22.4 Å². The summed E-state index contributed by atoms with van der Waals surface area (Å²) in [6, 6.07) is 57.1. The second kappa shape index (κ2) is 13.4. The third-order valence-corrected chi connectivity index (χ3v) is 11.7. The molecule has 4 heteroatoms. The number of hydrogen-bond donors (Lipinski definition) is 1. The molecule has 4 nitrogen and oxygen atoms in total. The van der Waals surface area contributed by atoms with Gasteiger partial charge in [-0.1, -0.05) is 126 Å². The first-order valence-corrected chi connectivity index (χ1v) is 20.2. The molecule has 0 saturated heterocycles. The van der Waals surface area contributed by atoms with Crippen LogP contribution in [0.2, 0.25) is 0 Å². The monoisotopic (exact) mass is 750 g/mol. The zero-order chi connectivity index (χ0) is 39.8. The molecular weight excluding hydrogens is 705 g/mol. The molecule has 0 aliphatic carbocycles. The Labute approximate surface area is 339 Å². The molecule has 10 aromatic rings. The normalized spacial score (nSPS) is 12.3. The number of hydrogen-bond acceptors (Lipinski definition) is 2. The lowest BCUT2D eigenvalue weighted by molar-refractivity contribution is 0.590. The summed E-state index contributed by atoms with van der Waals surface area (Å²) in [5.41, 5.74) is 16.4. The summed E-state index contributed by atoms with van der Waals surface area (Å²) in [5.74, 6) is 0. The van der Waals surface area contributed by atoms with Gasteiger partial charge in [-0.2, -0.15) is 0 Å². The number of H-pyrrole nitrogens is 1. The van der Waals surface area contributed by atoms with Crippen LogP contribution in [0.1, 0.15) is 52.7 Å². The Morgan fingerprint density at radius 1 is 0.466 bits per heavy atom. The number of pyridine rings is 2. The number of aromatic nitrogens is 4. The zero-order valence-corrected chi connectivity index (χ0v) is 33.9. The molecule has 6 aromatic carbocycles. The Morgan fingerprint density at radius 3 is 1.81 bits per heavy atom. The predicted molar refractivity (Wildman–Crippen MR) is 245 cm³/mol. The van der Waals surface area contributed by atoms with Gasteiger partial charge in [-0.05, 0) is 117 Å². The first kappa shape index (κ1) is 35.6. The Morgan fingerprint density at radius 2 is 1.09 bits per heavy atom. The van der Waals surface area contributed by atoms with Gasteiger partial charge >= 0.3 is 0 Å². The molecule has 58 heavy (non-hydrogen) atoms. The van der Waals surface area contributed by atoms with E-state index in [0.29, 0.717) is 0 Å². The number of aromatic amines is 1. The summed E-state index contributed by atoms with van der Waals surface area (Å²) in [4.78, 5) is 14.4. The second-order valence-corrected chi connectivity index (χ2v) is 17.7. The van der Waals surface area contributed by atoms with Gasteiger partial charge in [-0.3, -0.25) is 4.57 Å². The molecule has 0 spiro atoms. The number of benzene rings is 6. The fourth-order valence-electron chi connectivity index (χ4n) is 8.46. The van der Waals surface area contributed by atoms with Crippen molar-refractivity contribution in [3.05, 3.63) is 175 Å². The highest BCUT2D eigenvalue weighted by atomic mass is 15.0. The van der Waals surface area contributed by atoms with Crippen molar-refractivity contribution >= 4 is 43.7 Å². The maximum atomic E-state index is 5.64. The van der Waals surface area contributed by atoms with E-state index < -0.39 is 0 Å². The van der Waals surface area contributed by atoms with Crippen molar-refractivity contribution in [2.24, 2.45) is 0 Å². The predicted octanol–water partition coefficient (Wildman–Crippen LogP) is 14.5. The highest BCUT2D eigenvalue weighted by molar-refractivity contribution is 6.12. The van der Waals surface area contributed by atoms with Crippen molar-refractivity contribution < 1.29 is 0 Å². The summed E-state index contributed by atoms with van der Waals surface area (Å²) >= 11 is 0. The van der Waals surface area contributed by atoms with E-state index in [9.17, 15) is 0 Å². The first-order valence-electron chi connectivity index (χ1n) is 20.2. The van der Waals surface area contributed by atoms with E-state index in [2.05, 4.69) is 203 Å². The quantitative estimate of drug-likeness (QED) is 0.190. The molecule has 4 heterocycles. The molecule has 0 radical (unpaired) electrons. The Kier molecular flexibility index (Phi) is 8.24. The molecular formula is C54H46N4. The van der Waals surface area contributed by atoms with Gasteiger partial charge in [-0.15, -0.1) is 0 Å². The third-order valence-electron chi connectivity index (χ3n) is 11.7. The van der Waals surface area contributed by atoms with Crippen molar-refractivity contribution in [2.75, 3.05) is 0 Å². The SMILES string of the molecule is CC(C)(C)c1ccc2[nH]c3c(-c4cc(-c5ccccc5)cc(-c5cc(-c6ccccc6)cc(-n6c7ccccc7c7cccnc76)c5)n4)cc(C(C)(C)C)cc3c2c1. The van der Waals surface area contributed by atoms with E-state index >= 15 is 0 Å². The lowest BCUT2D eigenvalue weighted by Gasteiger charge is -2.21. The average molecular weight is 751 g/mol. The lowest BCUT2D eigenvalue weighted by atomic mass is 9.83. The number of fused-ring (bicyclic) bond motifs is 6. The molecule has 0 aliphatic heterocycles. The molecule has 4 aromatic heterocycles. The van der Waals surface area contributed by atoms with E-state index in [4.69, 9.17) is 9.97 Å². The third kappa shape index (κ3) is 6.17. The van der Waals surface area contributed by atoms with Crippen LogP contribution in [0.25, 0.3) is 94.2 Å². The molecule has 0 fully saturated rings. The Hall–Kier alpha value is -6.78. The van der Waals surface area contributed by atoms with Crippen molar-refractivity contribution in [3.8, 4) is 50.5 Å². The molecule has 0 atom stereocenters. The number of nitrogens with zero attached hydrogens (tertiary/aromatic N) is 3. The van der Waals surface area contributed by atoms with Gasteiger partial charge in [0.25, 0.3) is 0 Å². The molecule has 0 amide bonds. The van der Waals surface area contributed by atoms with E-state index in [1.54, 1.807) is 0 Å². The van der Waals surface area contributed by atoms with Crippen LogP contribution in [0.4, 0.5) is 0 Å². The summed E-state index contributed by atoms with van der Waals surface area (Å²) in [5, 5.41) is 4.78. The second-order valence-electron chi connectivity index (χ2n) is 17.7. The maximum absolute atomic E-state index is 5.64. The van der Waals surface area contributed by atoms with Gasteiger partial charge in [0.1, 0.15) is 5.65 Å². The van der Waals surface area contributed by atoms with Crippen molar-refractivity contribution in [3.63, 3.8) is 0 Å². The van der Waals surface area contributed by atoms with Gasteiger partial charge in [0.15, 0.2) is 0 Å². The van der Waals surface area contributed by atoms with Crippen LogP contribution in [-0.2, 0) is 10.8 Å². The van der Waals surface area contributed by atoms with Crippen LogP contribution in [0, 0.1) is 0 Å². The van der Waals surface area contributed by atoms with E-state index in [1.165, 1.54) is 27.3 Å². The molecule has 0 aliphatic rings. The van der Waals surface area contributed by atoms with Gasteiger partial charge in [-0.25, -0.2) is 9.97 Å². The smallest absolute Gasteiger partial charge is 0.145 e. The fourth-order valence-corrected chi connectivity index (χ4v) is 8.46. The van der Waals surface area contributed by atoms with E-state index in [0.717, 1.165) is 78.0 Å². The minimum atomic E-state index is -0.0801. The molecule has 0 unspecified atom stereocenters. The molecule has 282 valence electrons. The standard InChI is InChI=1S/C54H46N4/c1-53(2,3)39-23-24-47-44(31-39)45-32-40(54(4,5)6)33-46(51(45)57-47)49-30-37(35-18-11-8-12-19-35)29-48(56-49)38-26-36(34-16-9-7-10-17-34)27-41(28-38)58-50-22-14-13-20-42(50)43-21-15-25-55-52(43)58/h7-33,57H,1-6H3. The van der Waals surface area contributed by atoms with Crippen LogP contribution in [0.5, 0.6) is 0 Å². The largest absolute Gasteiger partial charge is 0.354 e. The Bertz CT molecular complexity index is 3120. The van der Waals surface area contributed by atoms with Crippen LogP contribution < -0.4 is 0 Å². The molecule has 0 bridgehead atoms. The first-order chi connectivity index (χ1) is 28.0. The zero-order valence-electron chi connectivity index (χ0n) is 33.9. The van der Waals surface area contributed by atoms with Gasteiger partial charge < -0.3 is 4.98 Å². The van der Waals surface area contributed by atoms with Crippen molar-refractivity contribution in [1.82, 2.24) is 19.5 Å². The van der Waals surface area contributed by atoms with Crippen LogP contribution >= 0.6 is 0 Å². The van der Waals surface area contributed by atoms with E-state index in [1.807, 2.05) is 12.3 Å². The minimum absolute atomic E-state index is 0.0329. The van der Waals surface area contributed by atoms with Crippen molar-refractivity contribution in [1.29, 1.82) is 0 Å². The number of para-hydroxylation sites is 1. The maximum Gasteiger partial charge on any atom is 0.145 e. The molecule has 0 saturated carbocycles. The highest BCUT2D eigenvalue weighted by Gasteiger charge is 2.23. The lowest BCUT2D eigenvalue weighted by Crippen LogP contribution is -2.11. The molecule has 1 N–H and O–H groups in total. The summed E-state index contributed by atoms with van der Waals surface area (Å²) in [6.45, 7) is 13.7. The fraction of sp³-hybridized carbons (Fsp3) is 0.148. The van der Waals surface area contributed by atoms with Crippen LogP contribution in [0.3, 0.4) is 0 Å². The van der Waals surface area contributed by atoms with Crippen molar-refractivity contribution in [2.45, 2.75) is 52.4 Å². The minimum Gasteiger partial charge on any atom is -0.354 e. The van der Waals surface area contributed by atoms with E-state index in [-0.39, 0.29) is 10.8 Å². The highest BCUT2D eigenvalue weighted by Crippen LogP contribution is 2.42. The Balaban J connectivity index is 1.27. The van der Waals surface area contributed by atoms with Crippen LogP contribution in [-0.4, -0.2) is 19.5 Å². The van der Waals surface area contributed by atoms with Gasteiger partial charge in [0.2, 0.25) is 0 Å². The average Bonchev–Trinajstić information content (AvgIpc) is 3.78. The number of nitrogens with one attached hydrogen (secondary N) is 1. The summed E-state index contributed by atoms with van der Waals surface area (Å²) in [6.07, 6.45) is 1.89. The molecule has 10 rings (SSSR count). The topological polar surface area (TPSA) is 46.5 Å².